The van der Waals surface area contributed by atoms with E-state index in [0.29, 0.717) is 0 Å². The first-order chi connectivity index (χ1) is 12.9. The molecule has 2 fully saturated rings. The van der Waals surface area contributed by atoms with Crippen LogP contribution in [0, 0.1) is 11.8 Å². The van der Waals surface area contributed by atoms with Gasteiger partial charge in [-0.1, -0.05) is 112 Å². The number of benzene rings is 4. The molecule has 0 saturated heterocycles. The predicted octanol–water partition coefficient (Wildman–Crippen LogP) is 7.95. The van der Waals surface area contributed by atoms with Crippen LogP contribution in [0.5, 0.6) is 0 Å². The van der Waals surface area contributed by atoms with Gasteiger partial charge in [0.25, 0.3) is 0 Å². The lowest BCUT2D eigenvalue weighted by Crippen LogP contribution is -2.22. The topological polar surface area (TPSA) is 0 Å². The molecule has 0 spiro atoms. The van der Waals surface area contributed by atoms with Crippen molar-refractivity contribution in [2.24, 2.45) is 11.8 Å². The molecule has 0 heterocycles. The Morgan fingerprint density at radius 2 is 0.731 bits per heavy atom. The molecular formula is C26H28. The molecular weight excluding hydrogens is 312 g/mol. The van der Waals surface area contributed by atoms with Crippen molar-refractivity contribution in [2.75, 3.05) is 0 Å². The predicted molar refractivity (Wildman–Crippen MR) is 114 cm³/mol. The second-order valence-corrected chi connectivity index (χ2v) is 8.38. The standard InChI is InChI=1S/C16H10.C10H18/c1-3-11-7-9-13-5-2-6-14-10-8-12(4-1)15(11)16(13)14;1-2-6-10-8-4-3-7-9(10)5-1/h1-10H;9-10H,1-8H2. The van der Waals surface area contributed by atoms with E-state index in [1.165, 1.54) is 58.0 Å². The van der Waals surface area contributed by atoms with Crippen molar-refractivity contribution in [1.82, 2.24) is 0 Å². The van der Waals surface area contributed by atoms with Gasteiger partial charge in [0, 0.05) is 0 Å². The fraction of sp³-hybridized carbons (Fsp3) is 0.385. The molecule has 26 heavy (non-hydrogen) atoms. The summed E-state index contributed by atoms with van der Waals surface area (Å²) in [6.07, 6.45) is 12.4. The van der Waals surface area contributed by atoms with Gasteiger partial charge in [0.05, 0.1) is 0 Å². The summed E-state index contributed by atoms with van der Waals surface area (Å²) in [5.41, 5.74) is 0. The van der Waals surface area contributed by atoms with Crippen molar-refractivity contribution in [2.45, 2.75) is 51.4 Å². The van der Waals surface area contributed by atoms with Crippen molar-refractivity contribution in [3.8, 4) is 0 Å². The molecule has 0 amide bonds. The molecule has 0 aromatic heterocycles. The van der Waals surface area contributed by atoms with E-state index in [4.69, 9.17) is 0 Å². The quantitative estimate of drug-likeness (QED) is 0.285. The van der Waals surface area contributed by atoms with Crippen LogP contribution in [0.4, 0.5) is 0 Å². The molecule has 0 nitrogen and oxygen atoms in total. The highest BCUT2D eigenvalue weighted by Crippen LogP contribution is 2.40. The van der Waals surface area contributed by atoms with E-state index in [1.54, 1.807) is 25.7 Å². The van der Waals surface area contributed by atoms with Crippen molar-refractivity contribution in [3.05, 3.63) is 60.7 Å². The lowest BCUT2D eigenvalue weighted by molar-refractivity contribution is 0.171. The van der Waals surface area contributed by atoms with Crippen LogP contribution in [0.1, 0.15) is 51.4 Å². The molecule has 6 rings (SSSR count). The Hall–Kier alpha value is -2.08. The number of hydrogen-bond donors (Lipinski definition) is 0. The Morgan fingerprint density at radius 1 is 0.423 bits per heavy atom. The minimum Gasteiger partial charge on any atom is -0.0610 e. The smallest absolute Gasteiger partial charge is 0.00268 e. The molecule has 132 valence electrons. The summed E-state index contributed by atoms with van der Waals surface area (Å²) in [5, 5.41) is 8.14. The maximum absolute atomic E-state index is 2.21. The Morgan fingerprint density at radius 3 is 1.04 bits per heavy atom. The average molecular weight is 341 g/mol. The lowest BCUT2D eigenvalue weighted by Gasteiger charge is -2.35. The van der Waals surface area contributed by atoms with Gasteiger partial charge >= 0.3 is 0 Å². The van der Waals surface area contributed by atoms with E-state index in [9.17, 15) is 0 Å². The summed E-state index contributed by atoms with van der Waals surface area (Å²) in [6, 6.07) is 21.9. The monoisotopic (exact) mass is 340 g/mol. The van der Waals surface area contributed by atoms with Gasteiger partial charge in [-0.05, 0) is 44.2 Å². The molecule has 0 unspecified atom stereocenters. The van der Waals surface area contributed by atoms with E-state index in [0.717, 1.165) is 11.8 Å². The van der Waals surface area contributed by atoms with E-state index in [1.807, 2.05) is 0 Å². The Kier molecular flexibility index (Phi) is 4.28. The zero-order chi connectivity index (χ0) is 17.3. The highest BCUT2D eigenvalue weighted by Gasteiger charge is 2.26. The van der Waals surface area contributed by atoms with Crippen LogP contribution in [0.15, 0.2) is 60.7 Å². The van der Waals surface area contributed by atoms with Crippen molar-refractivity contribution in [1.29, 1.82) is 0 Å². The highest BCUT2D eigenvalue weighted by atomic mass is 14.3. The Bertz CT molecular complexity index is 856. The van der Waals surface area contributed by atoms with Crippen molar-refractivity contribution < 1.29 is 0 Å². The Balaban J connectivity index is 0.000000129. The van der Waals surface area contributed by atoms with E-state index < -0.39 is 0 Å². The van der Waals surface area contributed by atoms with Gasteiger partial charge in [-0.15, -0.1) is 0 Å². The molecule has 0 N–H and O–H groups in total. The van der Waals surface area contributed by atoms with E-state index >= 15 is 0 Å². The van der Waals surface area contributed by atoms with Gasteiger partial charge < -0.3 is 0 Å². The second-order valence-electron chi connectivity index (χ2n) is 8.38. The van der Waals surface area contributed by atoms with Crippen LogP contribution in [-0.4, -0.2) is 0 Å². The highest BCUT2D eigenvalue weighted by molar-refractivity contribution is 6.22. The van der Waals surface area contributed by atoms with Gasteiger partial charge in [0.1, 0.15) is 0 Å². The molecule has 2 saturated carbocycles. The third-order valence-electron chi connectivity index (χ3n) is 6.86. The molecule has 2 aliphatic rings. The molecule has 0 aliphatic heterocycles. The van der Waals surface area contributed by atoms with Gasteiger partial charge in [0.2, 0.25) is 0 Å². The maximum Gasteiger partial charge on any atom is -0.00268 e. The molecule has 0 bridgehead atoms. The summed E-state index contributed by atoms with van der Waals surface area (Å²) in [5.74, 6) is 2.31. The van der Waals surface area contributed by atoms with Gasteiger partial charge in [-0.25, -0.2) is 0 Å². The minimum atomic E-state index is 1.16. The largest absolute Gasteiger partial charge is 0.0610 e. The molecule has 4 aromatic carbocycles. The average Bonchev–Trinajstić information content (AvgIpc) is 2.73. The molecule has 4 aromatic rings. The van der Waals surface area contributed by atoms with Crippen LogP contribution in [0.2, 0.25) is 0 Å². The zero-order valence-electron chi connectivity index (χ0n) is 15.6. The number of fused-ring (bicyclic) bond motifs is 1. The first kappa shape index (κ1) is 16.1. The van der Waals surface area contributed by atoms with Crippen LogP contribution >= 0.6 is 0 Å². The van der Waals surface area contributed by atoms with E-state index in [2.05, 4.69) is 60.7 Å². The third kappa shape index (κ3) is 2.86. The molecule has 0 atom stereocenters. The van der Waals surface area contributed by atoms with Crippen molar-refractivity contribution in [3.63, 3.8) is 0 Å². The van der Waals surface area contributed by atoms with Crippen LogP contribution in [0.3, 0.4) is 0 Å². The first-order valence-corrected chi connectivity index (χ1v) is 10.5. The summed E-state index contributed by atoms with van der Waals surface area (Å²) in [6.45, 7) is 0. The number of hydrogen-bond acceptors (Lipinski definition) is 0. The SMILES string of the molecule is C1CCC2CCCCC2C1.c1cc2ccc3cccc4ccc(c1)c2c34. The van der Waals surface area contributed by atoms with Crippen LogP contribution < -0.4 is 0 Å². The van der Waals surface area contributed by atoms with E-state index in [-0.39, 0.29) is 0 Å². The fourth-order valence-corrected chi connectivity index (χ4v) is 5.53. The summed E-state index contributed by atoms with van der Waals surface area (Å²) in [7, 11) is 0. The third-order valence-corrected chi connectivity index (χ3v) is 6.86. The summed E-state index contributed by atoms with van der Waals surface area (Å²) < 4.78 is 0. The minimum absolute atomic E-state index is 1.16. The maximum atomic E-state index is 2.21. The zero-order valence-corrected chi connectivity index (χ0v) is 15.6. The number of rotatable bonds is 0. The normalized spacial score (nSPS) is 22.9. The van der Waals surface area contributed by atoms with Crippen LogP contribution in [-0.2, 0) is 0 Å². The summed E-state index contributed by atoms with van der Waals surface area (Å²) in [4.78, 5) is 0. The lowest BCUT2D eigenvalue weighted by atomic mass is 9.71. The van der Waals surface area contributed by atoms with Gasteiger partial charge in [-0.3, -0.25) is 0 Å². The first-order valence-electron chi connectivity index (χ1n) is 10.5. The molecule has 0 heteroatoms. The van der Waals surface area contributed by atoms with Crippen molar-refractivity contribution >= 4 is 32.3 Å². The van der Waals surface area contributed by atoms with Gasteiger partial charge in [-0.2, -0.15) is 0 Å². The second kappa shape index (κ2) is 6.91. The van der Waals surface area contributed by atoms with Gasteiger partial charge in [0.15, 0.2) is 0 Å². The van der Waals surface area contributed by atoms with Crippen LogP contribution in [0.25, 0.3) is 32.3 Å². The summed E-state index contributed by atoms with van der Waals surface area (Å²) >= 11 is 0. The molecule has 0 radical (unpaired) electrons. The Labute approximate surface area is 156 Å². The molecule has 2 aliphatic carbocycles. The fourth-order valence-electron chi connectivity index (χ4n) is 5.53.